The summed E-state index contributed by atoms with van der Waals surface area (Å²) in [4.78, 5) is 2.72. The highest BCUT2D eigenvalue weighted by atomic mass is 16.5. The zero-order chi connectivity index (χ0) is 13.9. The Kier molecular flexibility index (Phi) is 5.27. The van der Waals surface area contributed by atoms with Gasteiger partial charge in [-0.1, -0.05) is 20.3 Å². The molecule has 1 aliphatic heterocycles. The largest absolute Gasteiger partial charge is 0.384 e. The molecule has 3 atom stereocenters. The van der Waals surface area contributed by atoms with Crippen molar-refractivity contribution in [2.45, 2.75) is 51.5 Å². The molecule has 19 heavy (non-hydrogen) atoms. The van der Waals surface area contributed by atoms with Crippen LogP contribution in [0.15, 0.2) is 0 Å². The highest BCUT2D eigenvalue weighted by Gasteiger charge is 2.44. The lowest BCUT2D eigenvalue weighted by molar-refractivity contribution is -0.0307. The number of methoxy groups -OCH3 is 1. The average Bonchev–Trinajstić information content (AvgIpc) is 2.43. The average molecular weight is 268 g/mol. The van der Waals surface area contributed by atoms with Crippen molar-refractivity contribution < 1.29 is 4.74 Å². The second-order valence-corrected chi connectivity index (χ2v) is 6.98. The molecule has 2 N–H and O–H groups in total. The van der Waals surface area contributed by atoms with Gasteiger partial charge in [0.1, 0.15) is 0 Å². The van der Waals surface area contributed by atoms with Crippen LogP contribution in [0.4, 0.5) is 0 Å². The van der Waals surface area contributed by atoms with E-state index in [1.807, 2.05) is 7.11 Å². The number of ether oxygens (including phenoxy) is 1. The summed E-state index contributed by atoms with van der Waals surface area (Å²) < 4.78 is 5.31. The Hall–Kier alpha value is -0.120. The Balaban J connectivity index is 2.01. The van der Waals surface area contributed by atoms with Crippen molar-refractivity contribution in [2.24, 2.45) is 23.5 Å². The van der Waals surface area contributed by atoms with Crippen molar-refractivity contribution in [3.05, 3.63) is 0 Å². The fourth-order valence-electron chi connectivity index (χ4n) is 4.34. The lowest BCUT2D eigenvalue weighted by atomic mass is 9.68. The van der Waals surface area contributed by atoms with Crippen LogP contribution in [-0.2, 0) is 4.74 Å². The van der Waals surface area contributed by atoms with Gasteiger partial charge >= 0.3 is 0 Å². The highest BCUT2D eigenvalue weighted by Crippen LogP contribution is 2.42. The van der Waals surface area contributed by atoms with Crippen molar-refractivity contribution in [3.63, 3.8) is 0 Å². The fraction of sp³-hybridized carbons (Fsp3) is 1.00. The summed E-state index contributed by atoms with van der Waals surface area (Å²) in [6.07, 6.45) is 6.56. The smallest absolute Gasteiger partial charge is 0.0491 e. The Morgan fingerprint density at radius 1 is 1.16 bits per heavy atom. The molecule has 0 amide bonds. The number of rotatable bonds is 4. The maximum absolute atomic E-state index is 6.25. The predicted octanol–water partition coefficient (Wildman–Crippen LogP) is 2.50. The van der Waals surface area contributed by atoms with Crippen LogP contribution >= 0.6 is 0 Å². The zero-order valence-corrected chi connectivity index (χ0v) is 13.0. The molecule has 0 aromatic carbocycles. The molecular formula is C16H32N2O. The number of nitrogens with zero attached hydrogens (tertiary/aromatic N) is 1. The molecule has 2 aliphatic rings. The molecule has 0 aromatic rings. The van der Waals surface area contributed by atoms with Gasteiger partial charge in [0.25, 0.3) is 0 Å². The van der Waals surface area contributed by atoms with E-state index in [2.05, 4.69) is 18.7 Å². The van der Waals surface area contributed by atoms with Gasteiger partial charge in [0.15, 0.2) is 0 Å². The van der Waals surface area contributed by atoms with E-state index in [0.717, 1.165) is 30.9 Å². The minimum absolute atomic E-state index is 0.274. The van der Waals surface area contributed by atoms with Crippen LogP contribution in [0.1, 0.15) is 46.0 Å². The molecule has 1 saturated carbocycles. The SMILES string of the molecule is COCC1CCN(C2(CN)CC(C)CCC2C)CC1. The molecule has 0 spiro atoms. The van der Waals surface area contributed by atoms with Crippen LogP contribution in [0.25, 0.3) is 0 Å². The molecule has 2 rings (SSSR count). The van der Waals surface area contributed by atoms with Crippen molar-refractivity contribution in [3.8, 4) is 0 Å². The summed E-state index contributed by atoms with van der Waals surface area (Å²) in [5.74, 6) is 2.33. The quantitative estimate of drug-likeness (QED) is 0.851. The highest BCUT2D eigenvalue weighted by molar-refractivity contribution is 5.01. The topological polar surface area (TPSA) is 38.5 Å². The molecule has 0 radical (unpaired) electrons. The summed E-state index contributed by atoms with van der Waals surface area (Å²) in [6.45, 7) is 8.99. The van der Waals surface area contributed by atoms with Crippen molar-refractivity contribution in [1.29, 1.82) is 0 Å². The molecular weight excluding hydrogens is 236 g/mol. The molecule has 3 nitrogen and oxygen atoms in total. The molecule has 3 unspecified atom stereocenters. The fourth-order valence-corrected chi connectivity index (χ4v) is 4.34. The Morgan fingerprint density at radius 2 is 1.84 bits per heavy atom. The molecule has 2 fully saturated rings. The Morgan fingerprint density at radius 3 is 2.42 bits per heavy atom. The number of nitrogens with two attached hydrogens (primary N) is 1. The van der Waals surface area contributed by atoms with Crippen LogP contribution in [0.5, 0.6) is 0 Å². The summed E-state index contributed by atoms with van der Waals surface area (Å²) in [5, 5.41) is 0. The minimum atomic E-state index is 0.274. The van der Waals surface area contributed by atoms with Gasteiger partial charge in [0, 0.05) is 25.8 Å². The first-order chi connectivity index (χ1) is 9.12. The second kappa shape index (κ2) is 6.55. The van der Waals surface area contributed by atoms with Crippen molar-refractivity contribution in [1.82, 2.24) is 4.90 Å². The molecule has 3 heteroatoms. The Bertz CT molecular complexity index is 276. The first-order valence-electron chi connectivity index (χ1n) is 8.06. The normalized spacial score (nSPS) is 38.5. The van der Waals surface area contributed by atoms with Gasteiger partial charge in [0.2, 0.25) is 0 Å². The van der Waals surface area contributed by atoms with E-state index in [4.69, 9.17) is 10.5 Å². The lowest BCUT2D eigenvalue weighted by Gasteiger charge is -2.53. The Labute approximate surface area is 118 Å². The predicted molar refractivity (Wildman–Crippen MR) is 80.1 cm³/mol. The van der Waals surface area contributed by atoms with Crippen LogP contribution in [0.2, 0.25) is 0 Å². The van der Waals surface area contributed by atoms with E-state index in [1.165, 1.54) is 45.2 Å². The maximum atomic E-state index is 6.25. The van der Waals surface area contributed by atoms with Gasteiger partial charge in [-0.05, 0) is 56.5 Å². The van der Waals surface area contributed by atoms with E-state index >= 15 is 0 Å². The minimum Gasteiger partial charge on any atom is -0.384 e. The zero-order valence-electron chi connectivity index (χ0n) is 13.0. The number of likely N-dealkylation sites (tertiary alicyclic amines) is 1. The van der Waals surface area contributed by atoms with E-state index in [9.17, 15) is 0 Å². The number of hydrogen-bond acceptors (Lipinski definition) is 3. The first kappa shape index (κ1) is 15.3. The molecule has 0 aromatic heterocycles. The first-order valence-corrected chi connectivity index (χ1v) is 8.06. The number of piperidine rings is 1. The third kappa shape index (κ3) is 3.14. The maximum Gasteiger partial charge on any atom is 0.0491 e. The van der Waals surface area contributed by atoms with Crippen molar-refractivity contribution >= 4 is 0 Å². The second-order valence-electron chi connectivity index (χ2n) is 6.98. The standard InChI is InChI=1S/C16H32N2O/c1-13-4-5-14(2)16(10-13,12-17)18-8-6-15(7-9-18)11-19-3/h13-15H,4-12,17H2,1-3H3. The van der Waals surface area contributed by atoms with Crippen molar-refractivity contribution in [2.75, 3.05) is 33.4 Å². The summed E-state index contributed by atoms with van der Waals surface area (Å²) in [5.41, 5.74) is 6.52. The van der Waals surface area contributed by atoms with Crippen LogP contribution < -0.4 is 5.73 Å². The summed E-state index contributed by atoms with van der Waals surface area (Å²) >= 11 is 0. The molecule has 1 heterocycles. The summed E-state index contributed by atoms with van der Waals surface area (Å²) in [6, 6.07) is 0. The molecule has 1 saturated heterocycles. The van der Waals surface area contributed by atoms with E-state index in [1.54, 1.807) is 0 Å². The van der Waals surface area contributed by atoms with E-state index in [0.29, 0.717) is 0 Å². The van der Waals surface area contributed by atoms with Gasteiger partial charge in [0.05, 0.1) is 0 Å². The van der Waals surface area contributed by atoms with Gasteiger partial charge < -0.3 is 10.5 Å². The lowest BCUT2D eigenvalue weighted by Crippen LogP contribution is -2.62. The third-order valence-corrected chi connectivity index (χ3v) is 5.71. The van der Waals surface area contributed by atoms with Gasteiger partial charge in [-0.25, -0.2) is 0 Å². The summed E-state index contributed by atoms with van der Waals surface area (Å²) in [7, 11) is 1.82. The van der Waals surface area contributed by atoms with Crippen LogP contribution in [0, 0.1) is 17.8 Å². The van der Waals surface area contributed by atoms with E-state index < -0.39 is 0 Å². The molecule has 0 bridgehead atoms. The monoisotopic (exact) mass is 268 g/mol. The number of hydrogen-bond donors (Lipinski definition) is 1. The van der Waals surface area contributed by atoms with E-state index in [-0.39, 0.29) is 5.54 Å². The van der Waals surface area contributed by atoms with Gasteiger partial charge in [-0.15, -0.1) is 0 Å². The van der Waals surface area contributed by atoms with Crippen LogP contribution in [0.3, 0.4) is 0 Å². The molecule has 112 valence electrons. The van der Waals surface area contributed by atoms with Gasteiger partial charge in [-0.3, -0.25) is 4.90 Å². The third-order valence-electron chi connectivity index (χ3n) is 5.71. The van der Waals surface area contributed by atoms with Crippen LogP contribution in [-0.4, -0.2) is 43.8 Å². The van der Waals surface area contributed by atoms with Gasteiger partial charge in [-0.2, -0.15) is 0 Å². The molecule has 1 aliphatic carbocycles.